The molecule has 1 aliphatic carbocycles. The normalized spacial score (nSPS) is 22.2. The first-order chi connectivity index (χ1) is 13.8. The molecule has 1 aliphatic heterocycles. The van der Waals surface area contributed by atoms with E-state index in [0.29, 0.717) is 17.4 Å². The van der Waals surface area contributed by atoms with Crippen molar-refractivity contribution in [3.05, 3.63) is 17.5 Å². The van der Waals surface area contributed by atoms with Crippen LogP contribution in [0.15, 0.2) is 11.2 Å². The van der Waals surface area contributed by atoms with Crippen LogP contribution in [0.3, 0.4) is 0 Å². The molecule has 8 nitrogen and oxygen atoms in total. The van der Waals surface area contributed by atoms with Crippen molar-refractivity contribution in [2.75, 3.05) is 17.3 Å². The molecule has 2 aromatic rings. The molecule has 2 aliphatic rings. The van der Waals surface area contributed by atoms with Gasteiger partial charge in [0.1, 0.15) is 0 Å². The van der Waals surface area contributed by atoms with Crippen molar-refractivity contribution in [1.82, 2.24) is 24.5 Å². The highest BCUT2D eigenvalue weighted by Crippen LogP contribution is 2.30. The molecule has 0 bridgehead atoms. The molecule has 29 heavy (non-hydrogen) atoms. The lowest BCUT2D eigenvalue weighted by Crippen LogP contribution is -2.49. The van der Waals surface area contributed by atoms with E-state index in [2.05, 4.69) is 15.2 Å². The zero-order chi connectivity index (χ0) is 20.6. The monoisotopic (exact) mass is 437 g/mol. The van der Waals surface area contributed by atoms with E-state index in [0.717, 1.165) is 37.1 Å². The fraction of sp³-hybridized carbons (Fsp3) is 0.684. The Morgan fingerprint density at radius 1 is 1.17 bits per heavy atom. The Balaban J connectivity index is 1.52. The van der Waals surface area contributed by atoms with E-state index in [1.165, 1.54) is 18.2 Å². The van der Waals surface area contributed by atoms with Crippen LogP contribution < -0.4 is 0 Å². The van der Waals surface area contributed by atoms with Crippen molar-refractivity contribution in [3.63, 3.8) is 0 Å². The van der Waals surface area contributed by atoms with Gasteiger partial charge in [0, 0.05) is 23.5 Å². The fourth-order valence-electron chi connectivity index (χ4n) is 4.55. The van der Waals surface area contributed by atoms with E-state index in [4.69, 9.17) is 0 Å². The third kappa shape index (κ3) is 4.42. The molecule has 2 aromatic heterocycles. The Bertz CT molecular complexity index is 1010. The first-order valence-electron chi connectivity index (χ1n) is 10.2. The number of hydrogen-bond donors (Lipinski definition) is 0. The fourth-order valence-corrected chi connectivity index (χ4v) is 7.12. The van der Waals surface area contributed by atoms with Gasteiger partial charge in [0.15, 0.2) is 15.0 Å². The summed E-state index contributed by atoms with van der Waals surface area (Å²) in [5.74, 6) is 1.03. The van der Waals surface area contributed by atoms with Crippen LogP contribution in [0.25, 0.3) is 5.78 Å². The number of amides is 1. The van der Waals surface area contributed by atoms with Gasteiger partial charge in [-0.1, -0.05) is 31.0 Å². The van der Waals surface area contributed by atoms with Crippen LogP contribution in [0.1, 0.15) is 49.9 Å². The van der Waals surface area contributed by atoms with Crippen LogP contribution in [-0.2, 0) is 14.6 Å². The first-order valence-corrected chi connectivity index (χ1v) is 13.0. The molecule has 3 heterocycles. The van der Waals surface area contributed by atoms with E-state index in [1.54, 1.807) is 0 Å². The Kier molecular flexibility index (Phi) is 5.83. The van der Waals surface area contributed by atoms with Crippen LogP contribution in [0.2, 0.25) is 0 Å². The molecular formula is C19H27N5O3S2. The lowest BCUT2D eigenvalue weighted by molar-refractivity contribution is -0.133. The summed E-state index contributed by atoms with van der Waals surface area (Å²) in [6.07, 6.45) is 5.85. The number of carbonyl (C=O) groups is 1. The number of rotatable bonds is 5. The largest absolute Gasteiger partial charge is 0.335 e. The van der Waals surface area contributed by atoms with E-state index in [1.807, 2.05) is 29.2 Å². The first kappa shape index (κ1) is 20.6. The predicted octanol–water partition coefficient (Wildman–Crippen LogP) is 2.18. The van der Waals surface area contributed by atoms with E-state index in [-0.39, 0.29) is 35.2 Å². The highest BCUT2D eigenvalue weighted by Gasteiger charge is 2.38. The molecule has 4 rings (SSSR count). The van der Waals surface area contributed by atoms with Gasteiger partial charge in [0.05, 0.1) is 17.3 Å². The smallest absolute Gasteiger partial charge is 0.256 e. The van der Waals surface area contributed by atoms with Gasteiger partial charge in [-0.2, -0.15) is 0 Å². The molecule has 1 amide bonds. The highest BCUT2D eigenvalue weighted by molar-refractivity contribution is 7.99. The maximum atomic E-state index is 13.2. The third-order valence-electron chi connectivity index (χ3n) is 5.85. The maximum absolute atomic E-state index is 13.2. The van der Waals surface area contributed by atoms with Crippen molar-refractivity contribution in [2.24, 2.45) is 0 Å². The van der Waals surface area contributed by atoms with Gasteiger partial charge in [-0.05, 0) is 39.2 Å². The second kappa shape index (κ2) is 8.22. The number of aryl methyl sites for hydroxylation is 2. The summed E-state index contributed by atoms with van der Waals surface area (Å²) in [5, 5.41) is 8.97. The lowest BCUT2D eigenvalue weighted by Gasteiger charge is -2.38. The Morgan fingerprint density at radius 2 is 1.93 bits per heavy atom. The minimum Gasteiger partial charge on any atom is -0.335 e. The second-order valence-electron chi connectivity index (χ2n) is 8.10. The van der Waals surface area contributed by atoms with Gasteiger partial charge >= 0.3 is 0 Å². The highest BCUT2D eigenvalue weighted by atomic mass is 32.2. The minimum absolute atomic E-state index is 0.00141. The van der Waals surface area contributed by atoms with Crippen LogP contribution in [0, 0.1) is 13.8 Å². The number of carbonyl (C=O) groups excluding carboxylic acids is 1. The van der Waals surface area contributed by atoms with Gasteiger partial charge in [-0.25, -0.2) is 13.4 Å². The topological polar surface area (TPSA) is 97.5 Å². The van der Waals surface area contributed by atoms with Gasteiger partial charge < -0.3 is 4.90 Å². The number of fused-ring (bicyclic) bond motifs is 1. The lowest BCUT2D eigenvalue weighted by atomic mass is 9.93. The molecule has 2 fully saturated rings. The van der Waals surface area contributed by atoms with Crippen LogP contribution in [-0.4, -0.2) is 68.1 Å². The van der Waals surface area contributed by atoms with Crippen molar-refractivity contribution in [3.8, 4) is 0 Å². The standard InChI is InChI=1S/C19H27N5O3S2/c1-13-10-14(2)23-18(20-13)21-22-19(23)28-11-17(25)24(15-6-4-3-5-7-15)16-8-9-29(26,27)12-16/h10,15-16H,3-9,11-12H2,1-2H3/t16-/m1/s1. The predicted molar refractivity (Wildman–Crippen MR) is 112 cm³/mol. The number of thioether (sulfide) groups is 1. The quantitative estimate of drug-likeness (QED) is 0.661. The molecule has 1 atom stereocenters. The molecule has 0 N–H and O–H groups in total. The average Bonchev–Trinajstić information content (AvgIpc) is 3.24. The number of hydrogen-bond acceptors (Lipinski definition) is 7. The summed E-state index contributed by atoms with van der Waals surface area (Å²) in [6, 6.07) is 1.91. The third-order valence-corrected chi connectivity index (χ3v) is 8.51. The number of nitrogens with zero attached hydrogens (tertiary/aromatic N) is 5. The summed E-state index contributed by atoms with van der Waals surface area (Å²) < 4.78 is 25.9. The average molecular weight is 438 g/mol. The molecule has 0 spiro atoms. The summed E-state index contributed by atoms with van der Waals surface area (Å²) in [7, 11) is -3.04. The van der Waals surface area contributed by atoms with Crippen molar-refractivity contribution >= 4 is 33.3 Å². The van der Waals surface area contributed by atoms with Crippen LogP contribution >= 0.6 is 11.8 Å². The summed E-state index contributed by atoms with van der Waals surface area (Å²) in [6.45, 7) is 3.88. The molecule has 0 unspecified atom stereocenters. The van der Waals surface area contributed by atoms with Gasteiger partial charge in [-0.3, -0.25) is 9.20 Å². The van der Waals surface area contributed by atoms with Crippen molar-refractivity contribution < 1.29 is 13.2 Å². The van der Waals surface area contributed by atoms with Gasteiger partial charge in [0.2, 0.25) is 5.91 Å². The maximum Gasteiger partial charge on any atom is 0.256 e. The molecule has 1 saturated heterocycles. The van der Waals surface area contributed by atoms with Gasteiger partial charge in [0.25, 0.3) is 5.78 Å². The second-order valence-corrected chi connectivity index (χ2v) is 11.3. The van der Waals surface area contributed by atoms with E-state index in [9.17, 15) is 13.2 Å². The Morgan fingerprint density at radius 3 is 2.62 bits per heavy atom. The van der Waals surface area contributed by atoms with Crippen molar-refractivity contribution in [2.45, 2.75) is 69.6 Å². The summed E-state index contributed by atoms with van der Waals surface area (Å²) in [4.78, 5) is 19.5. The Hall–Kier alpha value is -1.68. The number of sulfone groups is 1. The van der Waals surface area contributed by atoms with Crippen LogP contribution in [0.5, 0.6) is 0 Å². The van der Waals surface area contributed by atoms with Crippen LogP contribution in [0.4, 0.5) is 0 Å². The molecule has 1 saturated carbocycles. The zero-order valence-electron chi connectivity index (χ0n) is 16.9. The molecule has 0 radical (unpaired) electrons. The number of aromatic nitrogens is 4. The Labute approximate surface area is 175 Å². The summed E-state index contributed by atoms with van der Waals surface area (Å²) in [5.41, 5.74) is 1.85. The zero-order valence-corrected chi connectivity index (χ0v) is 18.5. The van der Waals surface area contributed by atoms with Gasteiger partial charge in [-0.15, -0.1) is 10.2 Å². The molecule has 158 valence electrons. The molecule has 0 aromatic carbocycles. The van der Waals surface area contributed by atoms with E-state index >= 15 is 0 Å². The summed E-state index contributed by atoms with van der Waals surface area (Å²) >= 11 is 1.34. The SMILES string of the molecule is Cc1cc(C)n2c(SCC(=O)N(C3CCCCC3)[C@@H]3CCS(=O)(=O)C3)nnc2n1. The molecule has 10 heteroatoms. The minimum atomic E-state index is -3.04. The van der Waals surface area contributed by atoms with E-state index < -0.39 is 9.84 Å². The van der Waals surface area contributed by atoms with Crippen molar-refractivity contribution in [1.29, 1.82) is 0 Å². The molecular weight excluding hydrogens is 410 g/mol.